The van der Waals surface area contributed by atoms with Crippen LogP contribution in [0.4, 0.5) is 0 Å². The zero-order chi connectivity index (χ0) is 16.9. The van der Waals surface area contributed by atoms with E-state index in [4.69, 9.17) is 4.74 Å². The topological polar surface area (TPSA) is 26.3 Å². The van der Waals surface area contributed by atoms with Crippen molar-refractivity contribution in [2.45, 2.75) is 13.3 Å². The fourth-order valence-electron chi connectivity index (χ4n) is 2.71. The monoisotopic (exact) mass is 316 g/mol. The number of aryl methyl sites for hydroxylation is 1. The third kappa shape index (κ3) is 3.54. The first-order valence-electron chi connectivity index (χ1n) is 7.99. The average Bonchev–Trinajstić information content (AvgIpc) is 2.63. The van der Waals surface area contributed by atoms with Crippen molar-refractivity contribution >= 4 is 5.78 Å². The van der Waals surface area contributed by atoms with Gasteiger partial charge in [0.25, 0.3) is 0 Å². The number of rotatable bonds is 5. The summed E-state index contributed by atoms with van der Waals surface area (Å²) in [4.78, 5) is 12.5. The molecule has 2 nitrogen and oxygen atoms in total. The molecular weight excluding hydrogens is 296 g/mol. The fraction of sp³-hybridized carbons (Fsp3) is 0.136. The zero-order valence-electron chi connectivity index (χ0n) is 14.0. The first-order chi connectivity index (χ1) is 11.7. The van der Waals surface area contributed by atoms with Gasteiger partial charge in [-0.05, 0) is 24.1 Å². The van der Waals surface area contributed by atoms with Crippen LogP contribution in [0.2, 0.25) is 0 Å². The number of para-hydroxylation sites is 1. The summed E-state index contributed by atoms with van der Waals surface area (Å²) in [6, 6.07) is 23.5. The molecule has 0 atom stereocenters. The number of carbonyl (C=O) groups excluding carboxylic acids is 1. The maximum atomic E-state index is 12.5. The van der Waals surface area contributed by atoms with Gasteiger partial charge in [-0.1, -0.05) is 72.3 Å². The van der Waals surface area contributed by atoms with Crippen molar-refractivity contribution in [3.05, 3.63) is 101 Å². The van der Waals surface area contributed by atoms with Crippen molar-refractivity contribution in [3.63, 3.8) is 0 Å². The number of carbonyl (C=O) groups is 1. The predicted octanol–water partition coefficient (Wildman–Crippen LogP) is 4.83. The first kappa shape index (κ1) is 16.0. The Morgan fingerprint density at radius 2 is 1.42 bits per heavy atom. The van der Waals surface area contributed by atoms with Gasteiger partial charge in [-0.2, -0.15) is 0 Å². The molecule has 0 saturated heterocycles. The van der Waals surface area contributed by atoms with Crippen molar-refractivity contribution in [2.24, 2.45) is 0 Å². The lowest BCUT2D eigenvalue weighted by molar-refractivity contribution is 0.103. The normalized spacial score (nSPS) is 10.4. The Morgan fingerprint density at radius 1 is 0.833 bits per heavy atom. The number of benzene rings is 3. The number of hydrogen-bond donors (Lipinski definition) is 0. The molecule has 0 aromatic heterocycles. The molecule has 0 radical (unpaired) electrons. The predicted molar refractivity (Wildman–Crippen MR) is 96.9 cm³/mol. The molecule has 0 fully saturated rings. The van der Waals surface area contributed by atoms with Crippen molar-refractivity contribution in [3.8, 4) is 5.75 Å². The molecule has 2 heteroatoms. The van der Waals surface area contributed by atoms with Gasteiger partial charge in [-0.25, -0.2) is 0 Å². The molecular formula is C22H20O2. The maximum absolute atomic E-state index is 12.5. The Kier molecular flexibility index (Phi) is 4.76. The minimum absolute atomic E-state index is 0.0545. The van der Waals surface area contributed by atoms with E-state index in [2.05, 4.69) is 6.07 Å². The van der Waals surface area contributed by atoms with Crippen molar-refractivity contribution < 1.29 is 9.53 Å². The average molecular weight is 316 g/mol. The highest BCUT2D eigenvalue weighted by Gasteiger charge is 2.09. The molecule has 0 aliphatic carbocycles. The van der Waals surface area contributed by atoms with Crippen LogP contribution in [0.15, 0.2) is 72.8 Å². The van der Waals surface area contributed by atoms with Crippen LogP contribution in [0.3, 0.4) is 0 Å². The molecule has 0 saturated carbocycles. The highest BCUT2D eigenvalue weighted by molar-refractivity contribution is 6.08. The quantitative estimate of drug-likeness (QED) is 0.630. The molecule has 0 bridgehead atoms. The second-order valence-electron chi connectivity index (χ2n) is 5.88. The Bertz CT molecular complexity index is 831. The molecule has 0 aliphatic rings. The molecule has 3 rings (SSSR count). The van der Waals surface area contributed by atoms with Crippen molar-refractivity contribution in [2.75, 3.05) is 7.11 Å². The van der Waals surface area contributed by atoms with Gasteiger partial charge in [0, 0.05) is 17.5 Å². The van der Waals surface area contributed by atoms with E-state index in [1.54, 1.807) is 7.11 Å². The molecule has 0 N–H and O–H groups in total. The molecule has 3 aromatic rings. The third-order valence-corrected chi connectivity index (χ3v) is 4.12. The van der Waals surface area contributed by atoms with E-state index in [1.807, 2.05) is 73.7 Å². The minimum Gasteiger partial charge on any atom is -0.496 e. The van der Waals surface area contributed by atoms with Crippen LogP contribution in [0, 0.1) is 6.92 Å². The van der Waals surface area contributed by atoms with Crippen LogP contribution < -0.4 is 4.74 Å². The standard InChI is InChI=1S/C22H20O2/c1-16-7-11-18(12-8-16)22(23)19-13-9-17(10-14-19)15-20-5-3-4-6-21(20)24-2/h3-14H,15H2,1-2H3. The van der Waals surface area contributed by atoms with Crippen LogP contribution in [-0.4, -0.2) is 12.9 Å². The number of hydrogen-bond acceptors (Lipinski definition) is 2. The van der Waals surface area contributed by atoms with Crippen LogP contribution >= 0.6 is 0 Å². The Morgan fingerprint density at radius 3 is 2.04 bits per heavy atom. The number of ketones is 1. The molecule has 24 heavy (non-hydrogen) atoms. The zero-order valence-corrected chi connectivity index (χ0v) is 14.0. The summed E-state index contributed by atoms with van der Waals surface area (Å²) in [5.74, 6) is 0.941. The van der Waals surface area contributed by atoms with E-state index in [-0.39, 0.29) is 5.78 Å². The smallest absolute Gasteiger partial charge is 0.193 e. The van der Waals surface area contributed by atoms with Crippen molar-refractivity contribution in [1.82, 2.24) is 0 Å². The summed E-state index contributed by atoms with van der Waals surface area (Å²) in [6.45, 7) is 2.01. The van der Waals surface area contributed by atoms with E-state index >= 15 is 0 Å². The lowest BCUT2D eigenvalue weighted by atomic mass is 9.98. The van der Waals surface area contributed by atoms with Gasteiger partial charge in [0.1, 0.15) is 5.75 Å². The lowest BCUT2D eigenvalue weighted by Gasteiger charge is -2.09. The molecule has 0 heterocycles. The van der Waals surface area contributed by atoms with Gasteiger partial charge < -0.3 is 4.74 Å². The van der Waals surface area contributed by atoms with E-state index in [1.165, 1.54) is 0 Å². The second-order valence-corrected chi connectivity index (χ2v) is 5.88. The third-order valence-electron chi connectivity index (χ3n) is 4.12. The van der Waals surface area contributed by atoms with Gasteiger partial charge in [0.2, 0.25) is 0 Å². The van der Waals surface area contributed by atoms with Gasteiger partial charge >= 0.3 is 0 Å². The van der Waals surface area contributed by atoms with E-state index < -0.39 is 0 Å². The number of ether oxygens (including phenoxy) is 1. The molecule has 120 valence electrons. The van der Waals surface area contributed by atoms with Crippen molar-refractivity contribution in [1.29, 1.82) is 0 Å². The summed E-state index contributed by atoms with van der Waals surface area (Å²) >= 11 is 0. The molecule has 3 aromatic carbocycles. The van der Waals surface area contributed by atoms with E-state index in [0.717, 1.165) is 34.4 Å². The fourth-order valence-corrected chi connectivity index (χ4v) is 2.71. The van der Waals surface area contributed by atoms with Crippen LogP contribution in [0.1, 0.15) is 32.6 Å². The van der Waals surface area contributed by atoms with Gasteiger partial charge in [0.05, 0.1) is 7.11 Å². The molecule has 0 amide bonds. The summed E-state index contributed by atoms with van der Waals surface area (Å²) in [5.41, 5.74) is 4.87. The first-order valence-corrected chi connectivity index (χ1v) is 7.99. The van der Waals surface area contributed by atoms with Crippen LogP contribution in [-0.2, 0) is 6.42 Å². The summed E-state index contributed by atoms with van der Waals surface area (Å²) in [5, 5.41) is 0. The second kappa shape index (κ2) is 7.14. The minimum atomic E-state index is 0.0545. The van der Waals surface area contributed by atoms with Gasteiger partial charge in [0.15, 0.2) is 5.78 Å². The number of methoxy groups -OCH3 is 1. The lowest BCUT2D eigenvalue weighted by Crippen LogP contribution is -2.01. The molecule has 0 aliphatic heterocycles. The van der Waals surface area contributed by atoms with E-state index in [0.29, 0.717) is 5.56 Å². The van der Waals surface area contributed by atoms with Gasteiger partial charge in [-0.3, -0.25) is 4.79 Å². The Labute approximate surface area is 142 Å². The largest absolute Gasteiger partial charge is 0.496 e. The molecule has 0 unspecified atom stereocenters. The Balaban J connectivity index is 1.78. The Hall–Kier alpha value is -2.87. The summed E-state index contributed by atoms with van der Waals surface area (Å²) < 4.78 is 5.39. The highest BCUT2D eigenvalue weighted by Crippen LogP contribution is 2.21. The summed E-state index contributed by atoms with van der Waals surface area (Å²) in [6.07, 6.45) is 0.781. The van der Waals surface area contributed by atoms with Crippen LogP contribution in [0.5, 0.6) is 5.75 Å². The van der Waals surface area contributed by atoms with E-state index in [9.17, 15) is 4.79 Å². The summed E-state index contributed by atoms with van der Waals surface area (Å²) in [7, 11) is 1.68. The molecule has 0 spiro atoms. The maximum Gasteiger partial charge on any atom is 0.193 e. The highest BCUT2D eigenvalue weighted by atomic mass is 16.5. The SMILES string of the molecule is COc1ccccc1Cc1ccc(C(=O)c2ccc(C)cc2)cc1. The van der Waals surface area contributed by atoms with Gasteiger partial charge in [-0.15, -0.1) is 0 Å². The van der Waals surface area contributed by atoms with Crippen LogP contribution in [0.25, 0.3) is 0 Å².